The number of hydrogen-bond donors (Lipinski definition) is 1. The van der Waals surface area contributed by atoms with Crippen LogP contribution in [0.4, 0.5) is 5.69 Å². The second-order valence-corrected chi connectivity index (χ2v) is 5.46. The summed E-state index contributed by atoms with van der Waals surface area (Å²) in [5.74, 6) is -0.147. The predicted molar refractivity (Wildman–Crippen MR) is 78.8 cm³/mol. The minimum Gasteiger partial charge on any atom is -0.321 e. The van der Waals surface area contributed by atoms with E-state index in [1.807, 2.05) is 25.1 Å². The maximum absolute atomic E-state index is 12.0. The molecule has 3 nitrogen and oxygen atoms in total. The number of benzene rings is 1. The lowest BCUT2D eigenvalue weighted by atomic mass is 10.2. The molecule has 2 aromatic rings. The first-order valence-corrected chi connectivity index (χ1v) is 6.84. The molecular weight excluding hydrogens is 360 g/mol. The molecule has 0 atom stereocenters. The lowest BCUT2D eigenvalue weighted by Gasteiger charge is -2.06. The molecule has 0 unspecified atom stereocenters. The molecule has 0 aliphatic rings. The summed E-state index contributed by atoms with van der Waals surface area (Å²) in [5.41, 5.74) is 2.27. The molecule has 1 aromatic carbocycles. The third-order valence-corrected chi connectivity index (χ3v) is 3.74. The average molecular weight is 370 g/mol. The van der Waals surface area contributed by atoms with Gasteiger partial charge in [0.2, 0.25) is 0 Å². The van der Waals surface area contributed by atoms with Crippen LogP contribution >= 0.6 is 31.9 Å². The molecule has 1 N–H and O–H groups in total. The highest BCUT2D eigenvalue weighted by atomic mass is 79.9. The van der Waals surface area contributed by atoms with Crippen molar-refractivity contribution in [2.24, 2.45) is 0 Å². The minimum absolute atomic E-state index is 0.147. The average Bonchev–Trinajstić information content (AvgIpc) is 2.34. The summed E-state index contributed by atoms with van der Waals surface area (Å²) in [7, 11) is 0. The number of rotatable bonds is 2. The first-order chi connectivity index (χ1) is 8.56. The van der Waals surface area contributed by atoms with E-state index in [9.17, 15) is 4.79 Å². The molecule has 1 amide bonds. The van der Waals surface area contributed by atoms with Gasteiger partial charge in [0.25, 0.3) is 5.91 Å². The zero-order valence-electron chi connectivity index (χ0n) is 9.58. The fourth-order valence-electron chi connectivity index (χ4n) is 1.43. The zero-order valence-corrected chi connectivity index (χ0v) is 12.7. The summed E-state index contributed by atoms with van der Waals surface area (Å²) in [6, 6.07) is 9.06. The number of halogens is 2. The smallest absolute Gasteiger partial charge is 0.255 e. The number of pyridine rings is 1. The first-order valence-electron chi connectivity index (χ1n) is 5.25. The number of anilines is 1. The van der Waals surface area contributed by atoms with Crippen LogP contribution in [0.15, 0.2) is 45.6 Å². The van der Waals surface area contributed by atoms with Crippen LogP contribution < -0.4 is 5.32 Å². The van der Waals surface area contributed by atoms with E-state index in [2.05, 4.69) is 42.2 Å². The number of amides is 1. The fourth-order valence-corrected chi connectivity index (χ4v) is 1.91. The molecule has 0 aliphatic carbocycles. The number of carbonyl (C=O) groups excluding carboxylic acids is 1. The van der Waals surface area contributed by atoms with Crippen LogP contribution in [0, 0.1) is 6.92 Å². The Morgan fingerprint density at radius 3 is 2.50 bits per heavy atom. The number of nitrogens with zero attached hydrogens (tertiary/aromatic N) is 1. The Labute approximate surface area is 122 Å². The van der Waals surface area contributed by atoms with Gasteiger partial charge in [0.05, 0.1) is 11.9 Å². The maximum atomic E-state index is 12.0. The van der Waals surface area contributed by atoms with Crippen molar-refractivity contribution in [1.82, 2.24) is 4.98 Å². The van der Waals surface area contributed by atoms with Gasteiger partial charge in [-0.15, -0.1) is 0 Å². The monoisotopic (exact) mass is 368 g/mol. The normalized spacial score (nSPS) is 10.2. The lowest BCUT2D eigenvalue weighted by Crippen LogP contribution is -2.12. The van der Waals surface area contributed by atoms with E-state index in [1.165, 1.54) is 0 Å². The van der Waals surface area contributed by atoms with Crippen LogP contribution in [0.25, 0.3) is 0 Å². The topological polar surface area (TPSA) is 42.0 Å². The SMILES string of the molecule is Cc1cc(NC(=O)c2ccc(Br)cc2)cnc1Br. The van der Waals surface area contributed by atoms with Gasteiger partial charge < -0.3 is 5.32 Å². The summed E-state index contributed by atoms with van der Waals surface area (Å²) in [6.45, 7) is 1.92. The third kappa shape index (κ3) is 3.17. The summed E-state index contributed by atoms with van der Waals surface area (Å²) < 4.78 is 1.73. The Morgan fingerprint density at radius 1 is 1.22 bits per heavy atom. The molecular formula is C13H10Br2N2O. The first kappa shape index (κ1) is 13.2. The fraction of sp³-hybridized carbons (Fsp3) is 0.0769. The van der Waals surface area contributed by atoms with E-state index >= 15 is 0 Å². The Kier molecular flexibility index (Phi) is 4.14. The molecule has 0 saturated carbocycles. The van der Waals surface area contributed by atoms with E-state index in [-0.39, 0.29) is 5.91 Å². The number of nitrogens with one attached hydrogen (secondary N) is 1. The van der Waals surface area contributed by atoms with E-state index in [0.717, 1.165) is 14.6 Å². The largest absolute Gasteiger partial charge is 0.321 e. The second-order valence-electron chi connectivity index (χ2n) is 3.79. The van der Waals surface area contributed by atoms with Crippen LogP contribution in [0.3, 0.4) is 0 Å². The molecule has 92 valence electrons. The van der Waals surface area contributed by atoms with Crippen molar-refractivity contribution in [3.63, 3.8) is 0 Å². The summed E-state index contributed by atoms with van der Waals surface area (Å²) in [4.78, 5) is 16.1. The molecule has 1 aromatic heterocycles. The molecule has 0 fully saturated rings. The maximum Gasteiger partial charge on any atom is 0.255 e. The summed E-state index contributed by atoms with van der Waals surface area (Å²) >= 11 is 6.65. The standard InChI is InChI=1S/C13H10Br2N2O/c1-8-6-11(7-16-12(8)15)17-13(18)9-2-4-10(14)5-3-9/h2-7H,1H3,(H,17,18). The van der Waals surface area contributed by atoms with Gasteiger partial charge in [-0.25, -0.2) is 4.98 Å². The molecule has 0 spiro atoms. The van der Waals surface area contributed by atoms with E-state index in [4.69, 9.17) is 0 Å². The molecule has 2 rings (SSSR count). The highest BCUT2D eigenvalue weighted by molar-refractivity contribution is 9.10. The minimum atomic E-state index is -0.147. The molecule has 0 saturated heterocycles. The third-order valence-electron chi connectivity index (χ3n) is 2.38. The van der Waals surface area contributed by atoms with Crippen LogP contribution in [-0.4, -0.2) is 10.9 Å². The van der Waals surface area contributed by atoms with Gasteiger partial charge in [-0.1, -0.05) is 15.9 Å². The van der Waals surface area contributed by atoms with Crippen molar-refractivity contribution in [2.45, 2.75) is 6.92 Å². The highest BCUT2D eigenvalue weighted by Crippen LogP contribution is 2.18. The Hall–Kier alpha value is -1.20. The van der Waals surface area contributed by atoms with Gasteiger partial charge in [-0.05, 0) is 58.7 Å². The van der Waals surface area contributed by atoms with Gasteiger partial charge in [-0.3, -0.25) is 4.79 Å². The zero-order chi connectivity index (χ0) is 13.1. The van der Waals surface area contributed by atoms with E-state index < -0.39 is 0 Å². The summed E-state index contributed by atoms with van der Waals surface area (Å²) in [5, 5.41) is 2.81. The Balaban J connectivity index is 2.16. The number of aryl methyl sites for hydroxylation is 1. The molecule has 0 aliphatic heterocycles. The van der Waals surface area contributed by atoms with Gasteiger partial charge in [0.15, 0.2) is 0 Å². The van der Waals surface area contributed by atoms with Crippen LogP contribution in [0.1, 0.15) is 15.9 Å². The van der Waals surface area contributed by atoms with Gasteiger partial charge in [-0.2, -0.15) is 0 Å². The van der Waals surface area contributed by atoms with Crippen molar-refractivity contribution < 1.29 is 4.79 Å². The van der Waals surface area contributed by atoms with Crippen LogP contribution in [0.5, 0.6) is 0 Å². The number of hydrogen-bond acceptors (Lipinski definition) is 2. The van der Waals surface area contributed by atoms with Gasteiger partial charge >= 0.3 is 0 Å². The molecule has 5 heteroatoms. The van der Waals surface area contributed by atoms with Crippen LogP contribution in [-0.2, 0) is 0 Å². The van der Waals surface area contributed by atoms with Crippen molar-refractivity contribution in [2.75, 3.05) is 5.32 Å². The van der Waals surface area contributed by atoms with Crippen molar-refractivity contribution >= 4 is 43.5 Å². The van der Waals surface area contributed by atoms with Crippen LogP contribution in [0.2, 0.25) is 0 Å². The number of aromatic nitrogens is 1. The predicted octanol–water partition coefficient (Wildman–Crippen LogP) is 4.17. The number of carbonyl (C=O) groups is 1. The van der Waals surface area contributed by atoms with E-state index in [0.29, 0.717) is 11.3 Å². The quantitative estimate of drug-likeness (QED) is 0.807. The van der Waals surface area contributed by atoms with Crippen molar-refractivity contribution in [3.05, 3.63) is 56.7 Å². The summed E-state index contributed by atoms with van der Waals surface area (Å²) in [6.07, 6.45) is 1.62. The molecule has 0 radical (unpaired) electrons. The van der Waals surface area contributed by atoms with Gasteiger partial charge in [0, 0.05) is 10.0 Å². The second kappa shape index (κ2) is 5.63. The van der Waals surface area contributed by atoms with Gasteiger partial charge in [0.1, 0.15) is 4.60 Å². The molecule has 1 heterocycles. The Morgan fingerprint density at radius 2 is 1.89 bits per heavy atom. The lowest BCUT2D eigenvalue weighted by molar-refractivity contribution is 0.102. The Bertz CT molecular complexity index is 582. The highest BCUT2D eigenvalue weighted by Gasteiger charge is 2.06. The molecule has 18 heavy (non-hydrogen) atoms. The molecule has 0 bridgehead atoms. The van der Waals surface area contributed by atoms with Crippen molar-refractivity contribution in [3.8, 4) is 0 Å². The van der Waals surface area contributed by atoms with Crippen molar-refractivity contribution in [1.29, 1.82) is 0 Å². The van der Waals surface area contributed by atoms with E-state index in [1.54, 1.807) is 18.3 Å².